The van der Waals surface area contributed by atoms with Gasteiger partial charge >= 0.3 is 5.97 Å². The maximum Gasteiger partial charge on any atom is 0.328 e. The van der Waals surface area contributed by atoms with Crippen LogP contribution in [0.5, 0.6) is 0 Å². The van der Waals surface area contributed by atoms with Crippen molar-refractivity contribution < 1.29 is 18.7 Å². The third-order valence-corrected chi connectivity index (χ3v) is 7.57. The molecule has 5 nitrogen and oxygen atoms in total. The van der Waals surface area contributed by atoms with Gasteiger partial charge in [-0.3, -0.25) is 4.79 Å². The Labute approximate surface area is 245 Å². The van der Waals surface area contributed by atoms with Gasteiger partial charge in [-0.05, 0) is 89.6 Å². The molecule has 0 saturated carbocycles. The number of anilines is 1. The van der Waals surface area contributed by atoms with Crippen LogP contribution < -0.4 is 10.2 Å². The maximum absolute atomic E-state index is 14.0. The quantitative estimate of drug-likeness (QED) is 0.185. The molecule has 41 heavy (non-hydrogen) atoms. The second kappa shape index (κ2) is 14.5. The zero-order chi connectivity index (χ0) is 29.2. The summed E-state index contributed by atoms with van der Waals surface area (Å²) in [6, 6.07) is 29.6. The summed E-state index contributed by atoms with van der Waals surface area (Å²) in [5, 5.41) is 2.90. The van der Waals surface area contributed by atoms with E-state index in [0.717, 1.165) is 33.5 Å². The molecule has 7 heteroatoms. The minimum atomic E-state index is -0.732. The van der Waals surface area contributed by atoms with Gasteiger partial charge < -0.3 is 15.0 Å². The molecule has 0 radical (unpaired) electrons. The molecule has 0 aliphatic carbocycles. The van der Waals surface area contributed by atoms with Gasteiger partial charge in [-0.2, -0.15) is 11.8 Å². The van der Waals surface area contributed by atoms with Crippen molar-refractivity contribution in [2.45, 2.75) is 32.5 Å². The summed E-state index contributed by atoms with van der Waals surface area (Å²) < 4.78 is 18.9. The molecular weight excluding hydrogens is 535 g/mol. The largest absolute Gasteiger partial charge is 0.467 e. The smallest absolute Gasteiger partial charge is 0.328 e. The molecule has 1 atom stereocenters. The van der Waals surface area contributed by atoms with Gasteiger partial charge in [-0.25, -0.2) is 9.18 Å². The van der Waals surface area contributed by atoms with Crippen molar-refractivity contribution in [3.8, 4) is 11.1 Å². The number of amides is 1. The van der Waals surface area contributed by atoms with Crippen molar-refractivity contribution in [2.75, 3.05) is 24.0 Å². The van der Waals surface area contributed by atoms with Gasteiger partial charge in [0.1, 0.15) is 11.9 Å². The maximum atomic E-state index is 14.0. The van der Waals surface area contributed by atoms with Crippen molar-refractivity contribution in [1.82, 2.24) is 5.32 Å². The number of rotatable bonds is 12. The van der Waals surface area contributed by atoms with Crippen molar-refractivity contribution >= 4 is 29.3 Å². The van der Waals surface area contributed by atoms with Gasteiger partial charge in [0.25, 0.3) is 5.91 Å². The number of carbonyl (C=O) groups excluding carboxylic acids is 2. The van der Waals surface area contributed by atoms with E-state index in [9.17, 15) is 14.0 Å². The minimum Gasteiger partial charge on any atom is -0.467 e. The minimum absolute atomic E-state index is 0.268. The summed E-state index contributed by atoms with van der Waals surface area (Å²) >= 11 is 1.61. The number of nitrogens with one attached hydrogen (secondary N) is 1. The standard InChI is InChI=1S/C34H35FN2O3S/c1-24-10-7-8-15-29(24)31-21-26(16-17-30(31)33(38)36-32(18-19-41-3)34(39)40-2)23-37(28-13-5-4-6-14-28)22-25-11-9-12-27(35)20-25/h4-17,20-21,32H,18-19,22-23H2,1-3H3,(H,36,38). The molecule has 0 fully saturated rings. The van der Waals surface area contributed by atoms with Gasteiger partial charge in [0.2, 0.25) is 0 Å². The van der Waals surface area contributed by atoms with Gasteiger partial charge in [-0.15, -0.1) is 0 Å². The first-order valence-electron chi connectivity index (χ1n) is 13.5. The zero-order valence-electron chi connectivity index (χ0n) is 23.6. The molecule has 1 N–H and O–H groups in total. The van der Waals surface area contributed by atoms with Crippen LogP contribution in [-0.4, -0.2) is 37.0 Å². The van der Waals surface area contributed by atoms with Crippen molar-refractivity contribution in [3.05, 3.63) is 125 Å². The van der Waals surface area contributed by atoms with E-state index in [-0.39, 0.29) is 11.7 Å². The highest BCUT2D eigenvalue weighted by Crippen LogP contribution is 2.30. The third-order valence-electron chi connectivity index (χ3n) is 6.92. The molecule has 1 amide bonds. The van der Waals surface area contributed by atoms with Gasteiger partial charge in [0, 0.05) is 24.3 Å². The number of ether oxygens (including phenoxy) is 1. The number of esters is 1. The molecule has 0 aliphatic rings. The lowest BCUT2D eigenvalue weighted by Gasteiger charge is -2.26. The predicted octanol–water partition coefficient (Wildman–Crippen LogP) is 7.03. The number of aryl methyl sites for hydroxylation is 1. The average molecular weight is 571 g/mol. The third kappa shape index (κ3) is 7.98. The average Bonchev–Trinajstić information content (AvgIpc) is 2.99. The first-order valence-corrected chi connectivity index (χ1v) is 14.9. The summed E-state index contributed by atoms with van der Waals surface area (Å²) in [5.74, 6) is -0.344. The molecule has 4 aromatic rings. The topological polar surface area (TPSA) is 58.6 Å². The van der Waals surface area contributed by atoms with Crippen LogP contribution in [0.4, 0.5) is 10.1 Å². The van der Waals surface area contributed by atoms with Crippen LogP contribution in [-0.2, 0) is 22.6 Å². The van der Waals surface area contributed by atoms with Crippen LogP contribution in [0.1, 0.15) is 33.5 Å². The van der Waals surface area contributed by atoms with E-state index >= 15 is 0 Å². The summed E-state index contributed by atoms with van der Waals surface area (Å²) in [5.41, 5.74) is 6.10. The SMILES string of the molecule is COC(=O)C(CCSC)NC(=O)c1ccc(CN(Cc2cccc(F)c2)c2ccccc2)cc1-c1ccccc1C. The van der Waals surface area contributed by atoms with Crippen LogP contribution in [0.2, 0.25) is 0 Å². The Hall–Kier alpha value is -4.10. The molecule has 0 saturated heterocycles. The highest BCUT2D eigenvalue weighted by Gasteiger charge is 2.24. The molecule has 0 spiro atoms. The van der Waals surface area contributed by atoms with Crippen LogP contribution >= 0.6 is 11.8 Å². The van der Waals surface area contributed by atoms with E-state index in [1.165, 1.54) is 13.2 Å². The number of carbonyl (C=O) groups is 2. The number of thioether (sulfide) groups is 1. The van der Waals surface area contributed by atoms with Crippen molar-refractivity contribution in [1.29, 1.82) is 0 Å². The molecule has 4 aromatic carbocycles. The fourth-order valence-electron chi connectivity index (χ4n) is 4.80. The Morgan fingerprint density at radius 3 is 2.27 bits per heavy atom. The first-order chi connectivity index (χ1) is 19.9. The van der Waals surface area contributed by atoms with Crippen molar-refractivity contribution in [2.24, 2.45) is 0 Å². The second-order valence-corrected chi connectivity index (χ2v) is 10.8. The molecule has 4 rings (SSSR count). The van der Waals surface area contributed by atoms with Crippen LogP contribution in [0.25, 0.3) is 11.1 Å². The lowest BCUT2D eigenvalue weighted by Crippen LogP contribution is -2.42. The number of benzene rings is 4. The Morgan fingerprint density at radius 2 is 1.59 bits per heavy atom. The summed E-state index contributed by atoms with van der Waals surface area (Å²) in [6.45, 7) is 3.07. The van der Waals surface area contributed by atoms with Crippen LogP contribution in [0.3, 0.4) is 0 Å². The fraction of sp³-hybridized carbons (Fsp3) is 0.235. The second-order valence-electron chi connectivity index (χ2n) is 9.85. The number of para-hydroxylation sites is 1. The number of hydrogen-bond acceptors (Lipinski definition) is 5. The molecule has 0 heterocycles. The number of halogens is 1. The molecular formula is C34H35FN2O3S. The van der Waals surface area contributed by atoms with E-state index in [1.807, 2.05) is 92.0 Å². The van der Waals surface area contributed by atoms with Gasteiger partial charge in [-0.1, -0.05) is 60.7 Å². The molecule has 0 bridgehead atoms. The van der Waals surface area contributed by atoms with E-state index < -0.39 is 12.0 Å². The summed E-state index contributed by atoms with van der Waals surface area (Å²) in [7, 11) is 1.33. The van der Waals surface area contributed by atoms with E-state index in [0.29, 0.717) is 30.8 Å². The number of hydrogen-bond donors (Lipinski definition) is 1. The van der Waals surface area contributed by atoms with Gasteiger partial charge in [0.15, 0.2) is 0 Å². The van der Waals surface area contributed by atoms with E-state index in [4.69, 9.17) is 4.74 Å². The Balaban J connectivity index is 1.71. The normalized spacial score (nSPS) is 11.5. The highest BCUT2D eigenvalue weighted by molar-refractivity contribution is 7.98. The Kier molecular flexibility index (Phi) is 10.6. The molecule has 0 aliphatic heterocycles. The summed E-state index contributed by atoms with van der Waals surface area (Å²) in [6.07, 6.45) is 2.43. The van der Waals surface area contributed by atoms with Crippen molar-refractivity contribution in [3.63, 3.8) is 0 Å². The molecule has 212 valence electrons. The first kappa shape index (κ1) is 29.9. The highest BCUT2D eigenvalue weighted by atomic mass is 32.2. The fourth-order valence-corrected chi connectivity index (χ4v) is 5.27. The van der Waals surface area contributed by atoms with E-state index in [2.05, 4.69) is 10.2 Å². The molecule has 1 unspecified atom stereocenters. The van der Waals surface area contributed by atoms with E-state index in [1.54, 1.807) is 23.9 Å². The van der Waals surface area contributed by atoms with Crippen LogP contribution in [0, 0.1) is 12.7 Å². The Bertz CT molecular complexity index is 1480. The summed E-state index contributed by atoms with van der Waals surface area (Å²) in [4.78, 5) is 28.2. The monoisotopic (exact) mass is 570 g/mol. The number of nitrogens with zero attached hydrogens (tertiary/aromatic N) is 1. The zero-order valence-corrected chi connectivity index (χ0v) is 24.4. The van der Waals surface area contributed by atoms with Gasteiger partial charge in [0.05, 0.1) is 7.11 Å². The Morgan fingerprint density at radius 1 is 0.878 bits per heavy atom. The lowest BCUT2D eigenvalue weighted by molar-refractivity contribution is -0.142. The predicted molar refractivity (Wildman–Crippen MR) is 166 cm³/mol. The van der Waals surface area contributed by atoms with Crippen LogP contribution in [0.15, 0.2) is 97.1 Å². The lowest BCUT2D eigenvalue weighted by atomic mass is 9.93. The molecule has 0 aromatic heterocycles. The number of methoxy groups -OCH3 is 1.